The third kappa shape index (κ3) is 2.69. The van der Waals surface area contributed by atoms with E-state index in [9.17, 15) is 0 Å². The highest BCUT2D eigenvalue weighted by molar-refractivity contribution is 9.10. The molecule has 0 amide bonds. The van der Waals surface area contributed by atoms with Crippen LogP contribution in [-0.4, -0.2) is 23.1 Å². The molecule has 1 unspecified atom stereocenters. The molecule has 1 fully saturated rings. The van der Waals surface area contributed by atoms with Crippen LogP contribution < -0.4 is 16.2 Å². The highest BCUT2D eigenvalue weighted by Gasteiger charge is 2.27. The summed E-state index contributed by atoms with van der Waals surface area (Å²) in [6.45, 7) is 6.64. The Labute approximate surface area is 110 Å². The maximum Gasteiger partial charge on any atom is 0.239 e. The number of hydrogen-bond acceptors (Lipinski definition) is 5. The fourth-order valence-corrected chi connectivity index (χ4v) is 2.62. The first-order valence-electron chi connectivity index (χ1n) is 5.86. The Balaban J connectivity index is 2.18. The van der Waals surface area contributed by atoms with Crippen molar-refractivity contribution >= 4 is 27.7 Å². The van der Waals surface area contributed by atoms with Gasteiger partial charge in [0.15, 0.2) is 0 Å². The molecule has 0 aromatic carbocycles. The van der Waals surface area contributed by atoms with E-state index in [1.54, 1.807) is 6.20 Å². The number of hydrazine groups is 1. The van der Waals surface area contributed by atoms with E-state index in [1.165, 1.54) is 6.42 Å². The molecule has 0 radical (unpaired) electrons. The first-order chi connectivity index (χ1) is 8.11. The summed E-state index contributed by atoms with van der Waals surface area (Å²) in [6, 6.07) is 0. The van der Waals surface area contributed by atoms with Gasteiger partial charge in [-0.25, -0.2) is 10.8 Å². The van der Waals surface area contributed by atoms with Crippen LogP contribution in [0.2, 0.25) is 0 Å². The first kappa shape index (κ1) is 12.6. The normalized spacial score (nSPS) is 20.1. The number of aromatic nitrogens is 2. The average molecular weight is 300 g/mol. The molecule has 1 saturated heterocycles. The Bertz CT molecular complexity index is 395. The summed E-state index contributed by atoms with van der Waals surface area (Å²) in [7, 11) is 0. The van der Waals surface area contributed by atoms with E-state index < -0.39 is 0 Å². The van der Waals surface area contributed by atoms with Crippen molar-refractivity contribution < 1.29 is 0 Å². The number of rotatable bonds is 3. The van der Waals surface area contributed by atoms with E-state index in [4.69, 9.17) is 5.84 Å². The van der Waals surface area contributed by atoms with Gasteiger partial charge in [-0.1, -0.05) is 13.8 Å². The molecule has 0 bridgehead atoms. The molecule has 3 N–H and O–H groups in total. The molecule has 1 atom stereocenters. The fraction of sp³-hybridized carbons (Fsp3) is 0.636. The maximum atomic E-state index is 5.33. The summed E-state index contributed by atoms with van der Waals surface area (Å²) in [4.78, 5) is 10.7. The van der Waals surface area contributed by atoms with E-state index in [1.807, 2.05) is 0 Å². The second-order valence-electron chi connectivity index (χ2n) is 4.75. The summed E-state index contributed by atoms with van der Waals surface area (Å²) in [5.41, 5.74) is 2.48. The van der Waals surface area contributed by atoms with Crippen LogP contribution in [0.5, 0.6) is 0 Å². The molecule has 1 aliphatic heterocycles. The average Bonchev–Trinajstić information content (AvgIpc) is 2.79. The molecule has 94 valence electrons. The Morgan fingerprint density at radius 1 is 1.59 bits per heavy atom. The van der Waals surface area contributed by atoms with Gasteiger partial charge >= 0.3 is 0 Å². The number of nitrogens with zero attached hydrogens (tertiary/aromatic N) is 3. The van der Waals surface area contributed by atoms with Crippen LogP contribution in [0.15, 0.2) is 10.7 Å². The Hall–Kier alpha value is -0.880. The molecule has 0 saturated carbocycles. The third-order valence-electron chi connectivity index (χ3n) is 3.32. The molecular weight excluding hydrogens is 282 g/mol. The van der Waals surface area contributed by atoms with Gasteiger partial charge in [-0.2, -0.15) is 4.98 Å². The summed E-state index contributed by atoms with van der Waals surface area (Å²) in [6.07, 6.45) is 2.96. The number of nitrogen functional groups attached to an aromatic ring is 1. The van der Waals surface area contributed by atoms with Crippen molar-refractivity contribution in [3.63, 3.8) is 0 Å². The number of nitrogens with two attached hydrogens (primary N) is 1. The van der Waals surface area contributed by atoms with Crippen molar-refractivity contribution in [2.45, 2.75) is 20.3 Å². The molecule has 2 rings (SSSR count). The Morgan fingerprint density at radius 3 is 2.94 bits per heavy atom. The van der Waals surface area contributed by atoms with Crippen LogP contribution in [0.1, 0.15) is 20.3 Å². The van der Waals surface area contributed by atoms with Crippen molar-refractivity contribution in [1.29, 1.82) is 0 Å². The lowest BCUT2D eigenvalue weighted by molar-refractivity contribution is 0.422. The van der Waals surface area contributed by atoms with Crippen LogP contribution >= 0.6 is 15.9 Å². The predicted octanol–water partition coefficient (Wildman–Crippen LogP) is 2.01. The summed E-state index contributed by atoms with van der Waals surface area (Å²) < 4.78 is 0.918. The van der Waals surface area contributed by atoms with Gasteiger partial charge < -0.3 is 4.90 Å². The molecule has 0 aliphatic carbocycles. The number of anilines is 2. The number of hydrogen-bond donors (Lipinski definition) is 2. The maximum absolute atomic E-state index is 5.33. The molecule has 2 heterocycles. The summed E-state index contributed by atoms with van der Waals surface area (Å²) >= 11 is 3.49. The second kappa shape index (κ2) is 5.18. The topological polar surface area (TPSA) is 67.1 Å². The van der Waals surface area contributed by atoms with Gasteiger partial charge in [-0.15, -0.1) is 0 Å². The van der Waals surface area contributed by atoms with Crippen LogP contribution in [0.4, 0.5) is 11.8 Å². The van der Waals surface area contributed by atoms with E-state index in [-0.39, 0.29) is 0 Å². The SMILES string of the molecule is CC(C)C1CCN(c2nc(NN)ncc2Br)C1. The number of halogens is 1. The smallest absolute Gasteiger partial charge is 0.239 e. The number of nitrogens with one attached hydrogen (secondary N) is 1. The highest BCUT2D eigenvalue weighted by Crippen LogP contribution is 2.31. The predicted molar refractivity (Wildman–Crippen MR) is 72.7 cm³/mol. The van der Waals surface area contributed by atoms with Gasteiger partial charge in [0.05, 0.1) is 4.47 Å². The van der Waals surface area contributed by atoms with Gasteiger partial charge in [-0.3, -0.25) is 5.43 Å². The first-order valence-corrected chi connectivity index (χ1v) is 6.65. The van der Waals surface area contributed by atoms with E-state index >= 15 is 0 Å². The highest BCUT2D eigenvalue weighted by atomic mass is 79.9. The van der Waals surface area contributed by atoms with Gasteiger partial charge in [0, 0.05) is 19.3 Å². The Morgan fingerprint density at radius 2 is 2.35 bits per heavy atom. The van der Waals surface area contributed by atoms with Crippen LogP contribution in [0, 0.1) is 11.8 Å². The lowest BCUT2D eigenvalue weighted by Crippen LogP contribution is -2.23. The summed E-state index contributed by atoms with van der Waals surface area (Å²) in [5, 5.41) is 0. The van der Waals surface area contributed by atoms with Crippen molar-refractivity contribution in [3.8, 4) is 0 Å². The standard InChI is InChI=1S/C11H18BrN5/c1-7(2)8-3-4-17(6-8)10-9(12)5-14-11(15-10)16-13/h5,7-8H,3-4,6,13H2,1-2H3,(H,14,15,16). The molecular formula is C11H18BrN5. The van der Waals surface area contributed by atoms with Crippen molar-refractivity contribution in [3.05, 3.63) is 10.7 Å². The zero-order valence-corrected chi connectivity index (χ0v) is 11.7. The van der Waals surface area contributed by atoms with Crippen LogP contribution in [0.25, 0.3) is 0 Å². The van der Waals surface area contributed by atoms with Crippen molar-refractivity contribution in [2.24, 2.45) is 17.7 Å². The van der Waals surface area contributed by atoms with Crippen molar-refractivity contribution in [1.82, 2.24) is 9.97 Å². The van der Waals surface area contributed by atoms with E-state index in [2.05, 4.69) is 50.1 Å². The Kier molecular flexibility index (Phi) is 3.83. The lowest BCUT2D eigenvalue weighted by atomic mass is 9.95. The molecule has 1 aromatic heterocycles. The lowest BCUT2D eigenvalue weighted by Gasteiger charge is -2.20. The minimum absolute atomic E-state index is 0.455. The second-order valence-corrected chi connectivity index (χ2v) is 5.60. The quantitative estimate of drug-likeness (QED) is 0.660. The third-order valence-corrected chi connectivity index (χ3v) is 3.88. The minimum Gasteiger partial charge on any atom is -0.355 e. The molecule has 1 aromatic rings. The largest absolute Gasteiger partial charge is 0.355 e. The monoisotopic (exact) mass is 299 g/mol. The molecule has 6 heteroatoms. The van der Waals surface area contributed by atoms with Gasteiger partial charge in [0.2, 0.25) is 5.95 Å². The van der Waals surface area contributed by atoms with Gasteiger partial charge in [0.25, 0.3) is 0 Å². The van der Waals surface area contributed by atoms with Crippen LogP contribution in [-0.2, 0) is 0 Å². The van der Waals surface area contributed by atoms with E-state index in [0.717, 1.165) is 29.3 Å². The van der Waals surface area contributed by atoms with Crippen molar-refractivity contribution in [2.75, 3.05) is 23.4 Å². The fourth-order valence-electron chi connectivity index (χ4n) is 2.17. The molecule has 1 aliphatic rings. The van der Waals surface area contributed by atoms with Gasteiger partial charge in [-0.05, 0) is 34.2 Å². The molecule has 17 heavy (non-hydrogen) atoms. The minimum atomic E-state index is 0.455. The van der Waals surface area contributed by atoms with Crippen LogP contribution in [0.3, 0.4) is 0 Å². The molecule has 5 nitrogen and oxygen atoms in total. The zero-order valence-electron chi connectivity index (χ0n) is 10.2. The van der Waals surface area contributed by atoms with E-state index in [0.29, 0.717) is 11.9 Å². The zero-order chi connectivity index (χ0) is 12.4. The molecule has 0 spiro atoms. The summed E-state index contributed by atoms with van der Waals surface area (Å²) in [5.74, 6) is 8.17. The van der Waals surface area contributed by atoms with Gasteiger partial charge in [0.1, 0.15) is 5.82 Å².